The fourth-order valence-electron chi connectivity index (χ4n) is 2.15. The summed E-state index contributed by atoms with van der Waals surface area (Å²) in [6.45, 7) is -0.0115. The first-order valence-corrected chi connectivity index (χ1v) is 6.27. The van der Waals surface area contributed by atoms with E-state index in [1.807, 2.05) is 36.4 Å². The van der Waals surface area contributed by atoms with E-state index >= 15 is 0 Å². The van der Waals surface area contributed by atoms with Crippen molar-refractivity contribution >= 4 is 33.4 Å². The van der Waals surface area contributed by atoms with E-state index in [0.717, 1.165) is 33.1 Å². The molecular weight excluding hydrogens is 262 g/mol. The summed E-state index contributed by atoms with van der Waals surface area (Å²) in [6, 6.07) is 11.2. The zero-order valence-corrected chi connectivity index (χ0v) is 11.1. The number of rotatable bonds is 2. The molecule has 1 heterocycles. The average Bonchev–Trinajstić information content (AvgIpc) is 2.47. The minimum Gasteiger partial charge on any atom is -0.497 e. The number of aliphatic hydroxyl groups excluding tert-OH is 1. The number of hydrogen-bond donors (Lipinski definition) is 1. The van der Waals surface area contributed by atoms with E-state index < -0.39 is 0 Å². The minimum atomic E-state index is -0.0115. The molecular formula is C15H12ClNO2. The third-order valence-corrected chi connectivity index (χ3v) is 3.57. The molecule has 0 fully saturated rings. The van der Waals surface area contributed by atoms with Crippen LogP contribution in [0, 0.1) is 0 Å². The van der Waals surface area contributed by atoms with E-state index in [1.165, 1.54) is 0 Å². The second kappa shape index (κ2) is 4.68. The molecule has 0 amide bonds. The number of ether oxygens (including phenoxy) is 1. The van der Waals surface area contributed by atoms with Crippen molar-refractivity contribution in [3.8, 4) is 5.75 Å². The normalized spacial score (nSPS) is 11.1. The van der Waals surface area contributed by atoms with E-state index in [1.54, 1.807) is 7.11 Å². The maximum atomic E-state index is 9.20. The van der Waals surface area contributed by atoms with Gasteiger partial charge >= 0.3 is 0 Å². The fourth-order valence-corrected chi connectivity index (χ4v) is 2.45. The molecule has 96 valence electrons. The van der Waals surface area contributed by atoms with Crippen molar-refractivity contribution in [3.05, 3.63) is 47.0 Å². The molecule has 0 saturated carbocycles. The van der Waals surface area contributed by atoms with Gasteiger partial charge in [-0.1, -0.05) is 17.7 Å². The summed E-state index contributed by atoms with van der Waals surface area (Å²) < 4.78 is 5.21. The number of aromatic nitrogens is 1. The quantitative estimate of drug-likeness (QED) is 0.726. The Morgan fingerprint density at radius 3 is 2.47 bits per heavy atom. The van der Waals surface area contributed by atoms with Crippen LogP contribution in [0.1, 0.15) is 5.56 Å². The van der Waals surface area contributed by atoms with Gasteiger partial charge in [-0.05, 0) is 35.9 Å². The number of benzene rings is 2. The van der Waals surface area contributed by atoms with Crippen LogP contribution in [0.3, 0.4) is 0 Å². The molecule has 3 nitrogen and oxygen atoms in total. The van der Waals surface area contributed by atoms with Gasteiger partial charge in [0.25, 0.3) is 0 Å². The Morgan fingerprint density at radius 2 is 1.79 bits per heavy atom. The van der Waals surface area contributed by atoms with Crippen molar-refractivity contribution in [1.82, 2.24) is 4.98 Å². The maximum Gasteiger partial charge on any atom is 0.119 e. The SMILES string of the molecule is COc1ccc2nc3ccc(CO)cc3c(Cl)c2c1. The molecule has 2 aromatic carbocycles. The van der Waals surface area contributed by atoms with Gasteiger partial charge in [0.1, 0.15) is 5.75 Å². The molecule has 0 saturated heterocycles. The molecule has 3 aromatic rings. The predicted molar refractivity (Wildman–Crippen MR) is 76.7 cm³/mol. The average molecular weight is 274 g/mol. The second-order valence-corrected chi connectivity index (χ2v) is 4.70. The number of halogens is 1. The van der Waals surface area contributed by atoms with Gasteiger partial charge in [-0.25, -0.2) is 4.98 Å². The zero-order valence-electron chi connectivity index (χ0n) is 10.4. The topological polar surface area (TPSA) is 42.4 Å². The molecule has 3 rings (SSSR count). The highest BCUT2D eigenvalue weighted by Gasteiger charge is 2.09. The highest BCUT2D eigenvalue weighted by atomic mass is 35.5. The number of hydrogen-bond acceptors (Lipinski definition) is 3. The predicted octanol–water partition coefficient (Wildman–Crippen LogP) is 3.54. The van der Waals surface area contributed by atoms with Crippen LogP contribution in [0.2, 0.25) is 5.02 Å². The second-order valence-electron chi connectivity index (χ2n) is 4.32. The van der Waals surface area contributed by atoms with E-state index in [2.05, 4.69) is 4.98 Å². The van der Waals surface area contributed by atoms with E-state index in [0.29, 0.717) is 5.02 Å². The summed E-state index contributed by atoms with van der Waals surface area (Å²) in [5.41, 5.74) is 2.47. The Morgan fingerprint density at radius 1 is 1.11 bits per heavy atom. The number of pyridine rings is 1. The third kappa shape index (κ3) is 2.01. The Labute approximate surface area is 115 Å². The van der Waals surface area contributed by atoms with E-state index in [9.17, 15) is 5.11 Å². The van der Waals surface area contributed by atoms with Crippen LogP contribution in [0.25, 0.3) is 21.8 Å². The minimum absolute atomic E-state index is 0.0115. The van der Waals surface area contributed by atoms with E-state index in [-0.39, 0.29) is 6.61 Å². The van der Waals surface area contributed by atoms with Gasteiger partial charge in [-0.15, -0.1) is 0 Å². The monoisotopic (exact) mass is 273 g/mol. The summed E-state index contributed by atoms with van der Waals surface area (Å²) in [5.74, 6) is 0.744. The summed E-state index contributed by atoms with van der Waals surface area (Å²) in [4.78, 5) is 4.57. The first kappa shape index (κ1) is 12.2. The lowest BCUT2D eigenvalue weighted by Gasteiger charge is -2.08. The number of nitrogens with zero attached hydrogens (tertiary/aromatic N) is 1. The van der Waals surface area contributed by atoms with Crippen molar-refractivity contribution in [2.24, 2.45) is 0 Å². The van der Waals surface area contributed by atoms with Crippen molar-refractivity contribution in [3.63, 3.8) is 0 Å². The lowest BCUT2D eigenvalue weighted by atomic mass is 10.1. The van der Waals surface area contributed by atoms with Crippen LogP contribution in [-0.4, -0.2) is 17.2 Å². The third-order valence-electron chi connectivity index (χ3n) is 3.16. The molecule has 0 atom stereocenters. The molecule has 0 aliphatic rings. The number of fused-ring (bicyclic) bond motifs is 2. The number of aliphatic hydroxyl groups is 1. The van der Waals surface area contributed by atoms with Gasteiger partial charge in [-0.3, -0.25) is 0 Å². The van der Waals surface area contributed by atoms with Gasteiger partial charge < -0.3 is 9.84 Å². The first-order chi connectivity index (χ1) is 9.22. The fraction of sp³-hybridized carbons (Fsp3) is 0.133. The van der Waals surface area contributed by atoms with Crippen LogP contribution in [0.5, 0.6) is 5.75 Å². The summed E-state index contributed by atoms with van der Waals surface area (Å²) in [7, 11) is 1.62. The molecule has 0 unspecified atom stereocenters. The lowest BCUT2D eigenvalue weighted by molar-refractivity contribution is 0.282. The molecule has 0 bridgehead atoms. The van der Waals surface area contributed by atoms with Gasteiger partial charge in [0.05, 0.1) is 29.8 Å². The van der Waals surface area contributed by atoms with Gasteiger partial charge in [0.2, 0.25) is 0 Å². The summed E-state index contributed by atoms with van der Waals surface area (Å²) in [5, 5.41) is 11.5. The van der Waals surface area contributed by atoms with Crippen molar-refractivity contribution < 1.29 is 9.84 Å². The van der Waals surface area contributed by atoms with Crippen LogP contribution in [-0.2, 0) is 6.61 Å². The maximum absolute atomic E-state index is 9.20. The molecule has 0 aliphatic carbocycles. The molecule has 19 heavy (non-hydrogen) atoms. The van der Waals surface area contributed by atoms with Crippen LogP contribution >= 0.6 is 11.6 Å². The molecule has 1 N–H and O–H groups in total. The molecule has 0 radical (unpaired) electrons. The van der Waals surface area contributed by atoms with E-state index in [4.69, 9.17) is 16.3 Å². The zero-order chi connectivity index (χ0) is 13.4. The van der Waals surface area contributed by atoms with Crippen molar-refractivity contribution in [1.29, 1.82) is 0 Å². The van der Waals surface area contributed by atoms with Crippen LogP contribution < -0.4 is 4.74 Å². The Kier molecular flexibility index (Phi) is 3.01. The van der Waals surface area contributed by atoms with Gasteiger partial charge in [0, 0.05) is 10.8 Å². The van der Waals surface area contributed by atoms with Crippen molar-refractivity contribution in [2.75, 3.05) is 7.11 Å². The molecule has 4 heteroatoms. The summed E-state index contributed by atoms with van der Waals surface area (Å²) >= 11 is 6.46. The van der Waals surface area contributed by atoms with Crippen molar-refractivity contribution in [2.45, 2.75) is 6.61 Å². The molecule has 0 aliphatic heterocycles. The number of methoxy groups -OCH3 is 1. The largest absolute Gasteiger partial charge is 0.497 e. The van der Waals surface area contributed by atoms with Gasteiger partial charge in [0.15, 0.2) is 0 Å². The van der Waals surface area contributed by atoms with Gasteiger partial charge in [-0.2, -0.15) is 0 Å². The van der Waals surface area contributed by atoms with Crippen LogP contribution in [0.4, 0.5) is 0 Å². The summed E-state index contributed by atoms with van der Waals surface area (Å²) in [6.07, 6.45) is 0. The smallest absolute Gasteiger partial charge is 0.119 e. The standard InChI is InChI=1S/C15H12ClNO2/c1-19-10-3-5-14-12(7-10)15(16)11-6-9(8-18)2-4-13(11)17-14/h2-7,18H,8H2,1H3. The first-order valence-electron chi connectivity index (χ1n) is 5.89. The Hall–Kier alpha value is -1.84. The highest BCUT2D eigenvalue weighted by Crippen LogP contribution is 2.32. The molecule has 1 aromatic heterocycles. The lowest BCUT2D eigenvalue weighted by Crippen LogP contribution is -1.89. The Bertz CT molecular complexity index is 709. The Balaban J connectivity index is 2.39. The highest BCUT2D eigenvalue weighted by molar-refractivity contribution is 6.40. The molecule has 0 spiro atoms. The van der Waals surface area contributed by atoms with Crippen LogP contribution in [0.15, 0.2) is 36.4 Å².